The molecule has 1 aliphatic heterocycles. The summed E-state index contributed by atoms with van der Waals surface area (Å²) in [7, 11) is 3.78. The highest BCUT2D eigenvalue weighted by Crippen LogP contribution is 2.33. The van der Waals surface area contributed by atoms with Crippen LogP contribution in [0.1, 0.15) is 13.8 Å². The molecule has 0 aliphatic carbocycles. The third kappa shape index (κ3) is 4.07. The van der Waals surface area contributed by atoms with Gasteiger partial charge in [-0.25, -0.2) is 9.36 Å². The summed E-state index contributed by atoms with van der Waals surface area (Å²) >= 11 is 12.4. The van der Waals surface area contributed by atoms with E-state index >= 15 is 0 Å². The van der Waals surface area contributed by atoms with Crippen LogP contribution in [-0.2, 0) is 0 Å². The largest absolute Gasteiger partial charge is 0.497 e. The van der Waals surface area contributed by atoms with Gasteiger partial charge >= 0.3 is 6.03 Å². The zero-order valence-corrected chi connectivity index (χ0v) is 19.5. The van der Waals surface area contributed by atoms with E-state index in [-0.39, 0.29) is 6.03 Å². The number of nitrogens with zero attached hydrogens (tertiary/aromatic N) is 3. The Balaban J connectivity index is 1.79. The molecular weight excluding hydrogens is 435 g/mol. The summed E-state index contributed by atoms with van der Waals surface area (Å²) in [6, 6.07) is 13.4. The minimum absolute atomic E-state index is 0.293. The van der Waals surface area contributed by atoms with Crippen molar-refractivity contribution in [1.29, 1.82) is 0 Å². The Morgan fingerprint density at radius 1 is 1.10 bits per heavy atom. The van der Waals surface area contributed by atoms with Crippen molar-refractivity contribution in [1.82, 2.24) is 9.47 Å². The van der Waals surface area contributed by atoms with Gasteiger partial charge in [-0.1, -0.05) is 29.3 Å². The molecule has 2 unspecified atom stereocenters. The second kappa shape index (κ2) is 8.61. The number of carbonyl (C=O) groups is 1. The van der Waals surface area contributed by atoms with E-state index in [1.165, 1.54) is 0 Å². The normalized spacial score (nSPS) is 19.6. The molecule has 8 heteroatoms. The third-order valence-corrected chi connectivity index (χ3v) is 6.89. The highest BCUT2D eigenvalue weighted by Gasteiger charge is 2.30. The van der Waals surface area contributed by atoms with Gasteiger partial charge in [0, 0.05) is 30.6 Å². The number of fused-ring (bicyclic) bond motifs is 1. The summed E-state index contributed by atoms with van der Waals surface area (Å²) in [5, 5.41) is 4.57. The first-order valence-corrected chi connectivity index (χ1v) is 11.0. The highest BCUT2D eigenvalue weighted by molar-refractivity contribution is 6.44. The number of aromatic nitrogens is 1. The Hall–Kier alpha value is -2.41. The first kappa shape index (κ1) is 21.8. The number of ether oxygens (including phenoxy) is 1. The number of nitrogens with one attached hydrogen (secondary N) is 1. The number of piperazine rings is 1. The van der Waals surface area contributed by atoms with Gasteiger partial charge in [0.25, 0.3) is 0 Å². The fraction of sp³-hybridized carbons (Fsp3) is 0.348. The second-order valence-electron chi connectivity index (χ2n) is 8.06. The van der Waals surface area contributed by atoms with Gasteiger partial charge in [0.1, 0.15) is 11.6 Å². The maximum absolute atomic E-state index is 13.5. The van der Waals surface area contributed by atoms with E-state index in [1.54, 1.807) is 29.9 Å². The molecule has 3 aromatic rings. The smallest absolute Gasteiger partial charge is 0.332 e. The molecule has 1 aromatic heterocycles. The molecule has 0 spiro atoms. The summed E-state index contributed by atoms with van der Waals surface area (Å²) in [6.45, 7) is 6.04. The number of methoxy groups -OCH3 is 1. The Bertz CT molecular complexity index is 1120. The number of likely N-dealkylation sites (N-methyl/N-ethyl adjacent to an activating group) is 1. The zero-order valence-electron chi connectivity index (χ0n) is 18.0. The lowest BCUT2D eigenvalue weighted by Gasteiger charge is -2.43. The van der Waals surface area contributed by atoms with Crippen molar-refractivity contribution in [2.45, 2.75) is 25.9 Å². The lowest BCUT2D eigenvalue weighted by atomic mass is 10.1. The Labute approximate surface area is 192 Å². The zero-order chi connectivity index (χ0) is 22.3. The van der Waals surface area contributed by atoms with E-state index in [0.717, 1.165) is 35.6 Å². The number of hydrogen-bond acceptors (Lipinski definition) is 4. The first-order chi connectivity index (χ1) is 14.8. The molecule has 1 fully saturated rings. The molecule has 0 radical (unpaired) electrons. The molecule has 6 nitrogen and oxygen atoms in total. The van der Waals surface area contributed by atoms with E-state index in [2.05, 4.69) is 36.0 Å². The van der Waals surface area contributed by atoms with Gasteiger partial charge in [-0.15, -0.1) is 0 Å². The highest BCUT2D eigenvalue weighted by atomic mass is 35.5. The van der Waals surface area contributed by atoms with Crippen LogP contribution in [-0.4, -0.2) is 54.8 Å². The molecule has 2 atom stereocenters. The average Bonchev–Trinajstić information content (AvgIpc) is 3.13. The lowest BCUT2D eigenvalue weighted by molar-refractivity contribution is 0.169. The van der Waals surface area contributed by atoms with Crippen molar-refractivity contribution in [2.24, 2.45) is 0 Å². The van der Waals surface area contributed by atoms with Crippen molar-refractivity contribution in [3.8, 4) is 5.75 Å². The van der Waals surface area contributed by atoms with Crippen molar-refractivity contribution in [3.05, 3.63) is 52.5 Å². The van der Waals surface area contributed by atoms with Crippen LogP contribution >= 0.6 is 23.2 Å². The van der Waals surface area contributed by atoms with E-state index in [1.807, 2.05) is 24.3 Å². The van der Waals surface area contributed by atoms with Gasteiger partial charge in [-0.2, -0.15) is 0 Å². The van der Waals surface area contributed by atoms with Crippen LogP contribution in [0.2, 0.25) is 10.0 Å². The van der Waals surface area contributed by atoms with Crippen molar-refractivity contribution in [2.75, 3.05) is 37.5 Å². The van der Waals surface area contributed by atoms with Crippen molar-refractivity contribution in [3.63, 3.8) is 0 Å². The van der Waals surface area contributed by atoms with Crippen LogP contribution in [0.25, 0.3) is 10.9 Å². The number of halogens is 2. The molecule has 31 heavy (non-hydrogen) atoms. The number of rotatable bonds is 3. The van der Waals surface area contributed by atoms with Gasteiger partial charge in [-0.3, -0.25) is 4.90 Å². The lowest BCUT2D eigenvalue weighted by Crippen LogP contribution is -2.55. The summed E-state index contributed by atoms with van der Waals surface area (Å²) in [5.41, 5.74) is 1.27. The second-order valence-corrected chi connectivity index (χ2v) is 8.85. The predicted molar refractivity (Wildman–Crippen MR) is 128 cm³/mol. The first-order valence-electron chi connectivity index (χ1n) is 10.2. The maximum Gasteiger partial charge on any atom is 0.332 e. The molecule has 1 aliphatic rings. The van der Waals surface area contributed by atoms with Crippen LogP contribution in [0.15, 0.2) is 42.5 Å². The number of hydrogen-bond donors (Lipinski definition) is 1. The molecule has 0 saturated carbocycles. The predicted octanol–water partition coefficient (Wildman–Crippen LogP) is 5.57. The molecule has 2 heterocycles. The average molecular weight is 461 g/mol. The van der Waals surface area contributed by atoms with Gasteiger partial charge < -0.3 is 15.0 Å². The Morgan fingerprint density at radius 3 is 2.48 bits per heavy atom. The van der Waals surface area contributed by atoms with E-state index in [4.69, 9.17) is 27.9 Å². The van der Waals surface area contributed by atoms with Gasteiger partial charge in [0.2, 0.25) is 0 Å². The fourth-order valence-electron chi connectivity index (χ4n) is 4.11. The molecule has 1 amide bonds. The summed E-state index contributed by atoms with van der Waals surface area (Å²) < 4.78 is 7.09. The van der Waals surface area contributed by atoms with Gasteiger partial charge in [0.15, 0.2) is 0 Å². The number of carbonyl (C=O) groups excluding carboxylic acids is 1. The summed E-state index contributed by atoms with van der Waals surface area (Å²) in [4.78, 5) is 18.1. The quantitative estimate of drug-likeness (QED) is 0.555. The standard InChI is InChI=1S/C23H26Cl2N4O2/c1-14-12-28(13-15(2)27(14)3)21-11-16-10-17(31-4)8-9-20(16)29(21)23(30)26-19-7-5-6-18(24)22(19)25/h5-11,14-15H,12-13H2,1-4H3,(H,26,30). The number of amides is 1. The van der Waals surface area contributed by atoms with Crippen LogP contribution in [0.5, 0.6) is 5.75 Å². The summed E-state index contributed by atoms with van der Waals surface area (Å²) in [5.74, 6) is 1.58. The number of benzene rings is 2. The van der Waals surface area contributed by atoms with Crippen LogP contribution < -0.4 is 15.0 Å². The Kier molecular flexibility index (Phi) is 6.06. The Morgan fingerprint density at radius 2 is 1.81 bits per heavy atom. The molecule has 164 valence electrons. The third-order valence-electron chi connectivity index (χ3n) is 6.07. The van der Waals surface area contributed by atoms with Crippen molar-refractivity contribution >= 4 is 51.6 Å². The molecule has 0 bridgehead atoms. The van der Waals surface area contributed by atoms with E-state index in [9.17, 15) is 4.79 Å². The minimum Gasteiger partial charge on any atom is -0.497 e. The SMILES string of the molecule is COc1ccc2c(c1)cc(N1CC(C)N(C)C(C)C1)n2C(=O)Nc1cccc(Cl)c1Cl. The molecule has 4 rings (SSSR count). The maximum atomic E-state index is 13.5. The van der Waals surface area contributed by atoms with Crippen LogP contribution in [0.4, 0.5) is 16.3 Å². The fourth-order valence-corrected chi connectivity index (χ4v) is 4.46. The topological polar surface area (TPSA) is 49.7 Å². The number of anilines is 2. The van der Waals surface area contributed by atoms with Gasteiger partial charge in [0.05, 0.1) is 28.4 Å². The van der Waals surface area contributed by atoms with Crippen molar-refractivity contribution < 1.29 is 9.53 Å². The van der Waals surface area contributed by atoms with Crippen LogP contribution in [0.3, 0.4) is 0 Å². The van der Waals surface area contributed by atoms with Gasteiger partial charge in [-0.05, 0) is 57.3 Å². The van der Waals surface area contributed by atoms with E-state index < -0.39 is 0 Å². The molecule has 1 N–H and O–H groups in total. The monoisotopic (exact) mass is 460 g/mol. The van der Waals surface area contributed by atoms with E-state index in [0.29, 0.717) is 27.8 Å². The summed E-state index contributed by atoms with van der Waals surface area (Å²) in [6.07, 6.45) is 0. The minimum atomic E-state index is -0.293. The van der Waals surface area contributed by atoms with Crippen LogP contribution in [0, 0.1) is 0 Å². The molecule has 2 aromatic carbocycles. The molecular formula is C23H26Cl2N4O2. The molecule has 1 saturated heterocycles.